The molecule has 94 valence electrons. The zero-order valence-electron chi connectivity index (χ0n) is 8.94. The maximum atomic E-state index is 11.4. The number of alkyl halides is 1. The van der Waals surface area contributed by atoms with Gasteiger partial charge in [0.2, 0.25) is 15.9 Å². The molecular weight excluding hydrogens is 312 g/mol. The number of methoxy groups -OCH3 is 1. The molecule has 17 heavy (non-hydrogen) atoms. The van der Waals surface area contributed by atoms with Crippen molar-refractivity contribution >= 4 is 37.5 Å². The van der Waals surface area contributed by atoms with Crippen LogP contribution in [0.15, 0.2) is 18.2 Å². The fourth-order valence-corrected chi connectivity index (χ4v) is 2.03. The molecule has 0 saturated heterocycles. The van der Waals surface area contributed by atoms with Crippen molar-refractivity contribution < 1.29 is 17.9 Å². The Morgan fingerprint density at radius 2 is 2.18 bits per heavy atom. The Labute approximate surface area is 107 Å². The highest BCUT2D eigenvalue weighted by molar-refractivity contribution is 9.10. The van der Waals surface area contributed by atoms with Crippen LogP contribution in [0.1, 0.15) is 10.4 Å². The highest BCUT2D eigenvalue weighted by Crippen LogP contribution is 2.26. The van der Waals surface area contributed by atoms with E-state index in [1.165, 1.54) is 25.3 Å². The largest absolute Gasteiger partial charge is 0.495 e. The molecule has 1 aromatic rings. The number of primary amides is 1. The monoisotopic (exact) mass is 322 g/mol. The minimum atomic E-state index is -3.51. The highest BCUT2D eigenvalue weighted by Gasteiger charge is 2.13. The van der Waals surface area contributed by atoms with E-state index in [2.05, 4.69) is 20.7 Å². The van der Waals surface area contributed by atoms with Gasteiger partial charge >= 0.3 is 0 Å². The van der Waals surface area contributed by atoms with Crippen LogP contribution in [0, 0.1) is 0 Å². The normalized spacial score (nSPS) is 10.9. The van der Waals surface area contributed by atoms with E-state index in [1.54, 1.807) is 0 Å². The van der Waals surface area contributed by atoms with Gasteiger partial charge in [0.05, 0.1) is 12.8 Å². The summed E-state index contributed by atoms with van der Waals surface area (Å²) in [7, 11) is -2.12. The van der Waals surface area contributed by atoms with Gasteiger partial charge in [-0.05, 0) is 18.2 Å². The average Bonchev–Trinajstić information content (AvgIpc) is 2.28. The molecule has 0 unspecified atom stereocenters. The predicted molar refractivity (Wildman–Crippen MR) is 67.8 cm³/mol. The average molecular weight is 323 g/mol. The topological polar surface area (TPSA) is 98.5 Å². The maximum absolute atomic E-state index is 11.4. The highest BCUT2D eigenvalue weighted by atomic mass is 79.9. The molecule has 1 rings (SSSR count). The number of carbonyl (C=O) groups is 1. The third kappa shape index (κ3) is 3.60. The first-order valence-corrected chi connectivity index (χ1v) is 7.21. The maximum Gasteiger partial charge on any atom is 0.248 e. The Balaban J connectivity index is 3.19. The Morgan fingerprint density at radius 3 is 2.65 bits per heavy atom. The van der Waals surface area contributed by atoms with E-state index in [1.807, 2.05) is 0 Å². The summed E-state index contributed by atoms with van der Waals surface area (Å²) in [6.45, 7) is 0. The lowest BCUT2D eigenvalue weighted by Crippen LogP contribution is -2.16. The van der Waals surface area contributed by atoms with Crippen molar-refractivity contribution in [2.75, 3.05) is 16.5 Å². The van der Waals surface area contributed by atoms with Crippen LogP contribution in [0.5, 0.6) is 5.75 Å². The zero-order chi connectivity index (χ0) is 13.1. The molecule has 0 saturated carbocycles. The van der Waals surface area contributed by atoms with Crippen LogP contribution in [-0.4, -0.2) is 26.1 Å². The summed E-state index contributed by atoms with van der Waals surface area (Å²) in [5.41, 5.74) is 5.47. The minimum absolute atomic E-state index is 0.170. The summed E-state index contributed by atoms with van der Waals surface area (Å²) < 4.78 is 29.8. The van der Waals surface area contributed by atoms with Crippen molar-refractivity contribution in [3.05, 3.63) is 23.8 Å². The SMILES string of the molecule is COc1ccc(C(N)=O)cc1NS(=O)(=O)CBr. The molecule has 0 radical (unpaired) electrons. The molecule has 0 spiro atoms. The Morgan fingerprint density at radius 1 is 1.53 bits per heavy atom. The summed E-state index contributed by atoms with van der Waals surface area (Å²) in [6, 6.07) is 4.24. The Kier molecular flexibility index (Phi) is 4.35. The molecule has 0 aliphatic heterocycles. The van der Waals surface area contributed by atoms with Gasteiger partial charge in [0.25, 0.3) is 0 Å². The molecule has 3 N–H and O–H groups in total. The number of carbonyl (C=O) groups excluding carboxylic acids is 1. The van der Waals surface area contributed by atoms with Gasteiger partial charge in [-0.15, -0.1) is 0 Å². The van der Waals surface area contributed by atoms with Gasteiger partial charge in [-0.2, -0.15) is 0 Å². The lowest BCUT2D eigenvalue weighted by molar-refractivity contribution is 0.100. The van der Waals surface area contributed by atoms with Crippen LogP contribution in [0.4, 0.5) is 5.69 Å². The number of hydrogen-bond donors (Lipinski definition) is 2. The molecule has 0 bridgehead atoms. The van der Waals surface area contributed by atoms with Crippen LogP contribution in [-0.2, 0) is 10.0 Å². The number of amides is 1. The van der Waals surface area contributed by atoms with Gasteiger partial charge < -0.3 is 10.5 Å². The first-order chi connectivity index (χ1) is 7.89. The Hall–Kier alpha value is -1.28. The smallest absolute Gasteiger partial charge is 0.248 e. The van der Waals surface area contributed by atoms with Gasteiger partial charge in [-0.25, -0.2) is 8.42 Å². The number of halogens is 1. The number of nitrogens with two attached hydrogens (primary N) is 1. The first-order valence-electron chi connectivity index (χ1n) is 4.44. The molecular formula is C9H11BrN2O4S. The van der Waals surface area contributed by atoms with Crippen LogP contribution >= 0.6 is 15.9 Å². The summed E-state index contributed by atoms with van der Waals surface area (Å²) in [5.74, 6) is -0.341. The van der Waals surface area contributed by atoms with E-state index in [0.29, 0.717) is 5.75 Å². The predicted octanol–water partition coefficient (Wildman–Crippen LogP) is 0.888. The van der Waals surface area contributed by atoms with E-state index in [-0.39, 0.29) is 15.9 Å². The molecule has 1 aromatic carbocycles. The van der Waals surface area contributed by atoms with Crippen LogP contribution in [0.2, 0.25) is 0 Å². The quantitative estimate of drug-likeness (QED) is 0.786. The number of sulfonamides is 1. The summed E-state index contributed by atoms with van der Waals surface area (Å²) in [6.07, 6.45) is 0. The molecule has 0 atom stereocenters. The number of rotatable bonds is 5. The van der Waals surface area contributed by atoms with E-state index in [0.717, 1.165) is 0 Å². The van der Waals surface area contributed by atoms with E-state index in [9.17, 15) is 13.2 Å². The standard InChI is InChI=1S/C9H11BrN2O4S/c1-16-8-3-2-6(9(11)13)4-7(8)12-17(14,15)5-10/h2-4,12H,5H2,1H3,(H2,11,13). The minimum Gasteiger partial charge on any atom is -0.495 e. The van der Waals surface area contributed by atoms with Crippen molar-refractivity contribution in [2.45, 2.75) is 0 Å². The second-order valence-electron chi connectivity index (χ2n) is 3.11. The van der Waals surface area contributed by atoms with Crippen molar-refractivity contribution in [3.8, 4) is 5.75 Å². The number of ether oxygens (including phenoxy) is 1. The molecule has 8 heteroatoms. The van der Waals surface area contributed by atoms with Crippen LogP contribution in [0.25, 0.3) is 0 Å². The van der Waals surface area contributed by atoms with E-state index in [4.69, 9.17) is 10.5 Å². The lowest BCUT2D eigenvalue weighted by atomic mass is 10.2. The molecule has 6 nitrogen and oxygen atoms in total. The Bertz CT molecular complexity index is 530. The number of benzene rings is 1. The molecule has 0 aliphatic carbocycles. The molecule has 0 heterocycles. The van der Waals surface area contributed by atoms with Crippen molar-refractivity contribution in [2.24, 2.45) is 5.73 Å². The number of anilines is 1. The van der Waals surface area contributed by atoms with E-state index >= 15 is 0 Å². The van der Waals surface area contributed by atoms with Gasteiger partial charge in [0.15, 0.2) is 0 Å². The third-order valence-corrected chi connectivity index (χ3v) is 4.52. The molecule has 0 fully saturated rings. The van der Waals surface area contributed by atoms with Gasteiger partial charge in [0, 0.05) is 5.56 Å². The molecule has 1 amide bonds. The van der Waals surface area contributed by atoms with Crippen molar-refractivity contribution in [1.82, 2.24) is 0 Å². The zero-order valence-corrected chi connectivity index (χ0v) is 11.3. The molecule has 0 aromatic heterocycles. The summed E-state index contributed by atoms with van der Waals surface area (Å²) in [5, 5.41) is 0. The second-order valence-corrected chi connectivity index (χ2v) is 6.13. The van der Waals surface area contributed by atoms with Crippen molar-refractivity contribution in [1.29, 1.82) is 0 Å². The second kappa shape index (κ2) is 5.37. The van der Waals surface area contributed by atoms with Gasteiger partial charge in [-0.3, -0.25) is 9.52 Å². The van der Waals surface area contributed by atoms with E-state index < -0.39 is 15.9 Å². The van der Waals surface area contributed by atoms with Gasteiger partial charge in [-0.1, -0.05) is 15.9 Å². The van der Waals surface area contributed by atoms with Crippen LogP contribution in [0.3, 0.4) is 0 Å². The van der Waals surface area contributed by atoms with Gasteiger partial charge in [0.1, 0.15) is 10.4 Å². The summed E-state index contributed by atoms with van der Waals surface area (Å²) >= 11 is 2.84. The number of nitrogens with one attached hydrogen (secondary N) is 1. The molecule has 0 aliphatic rings. The first kappa shape index (κ1) is 13.8. The lowest BCUT2D eigenvalue weighted by Gasteiger charge is -2.11. The fourth-order valence-electron chi connectivity index (χ4n) is 1.14. The fraction of sp³-hybridized carbons (Fsp3) is 0.222. The third-order valence-electron chi connectivity index (χ3n) is 1.89. The number of hydrogen-bond acceptors (Lipinski definition) is 4. The van der Waals surface area contributed by atoms with Crippen LogP contribution < -0.4 is 15.2 Å². The summed E-state index contributed by atoms with van der Waals surface area (Å²) in [4.78, 5) is 11.0. The van der Waals surface area contributed by atoms with Crippen molar-refractivity contribution in [3.63, 3.8) is 0 Å².